The molecule has 0 bridgehead atoms. The maximum Gasteiger partial charge on any atom is 0.255 e. The first-order valence-corrected chi connectivity index (χ1v) is 9.07. The van der Waals surface area contributed by atoms with Crippen molar-refractivity contribution in [3.63, 3.8) is 0 Å². The molecule has 28 heavy (non-hydrogen) atoms. The second kappa shape index (κ2) is 7.70. The van der Waals surface area contributed by atoms with Crippen molar-refractivity contribution < 1.29 is 13.9 Å². The van der Waals surface area contributed by atoms with E-state index in [1.165, 1.54) is 0 Å². The van der Waals surface area contributed by atoms with Crippen molar-refractivity contribution >= 4 is 34.4 Å². The van der Waals surface area contributed by atoms with Gasteiger partial charge >= 0.3 is 0 Å². The Morgan fingerprint density at radius 2 is 2.00 bits per heavy atom. The van der Waals surface area contributed by atoms with Gasteiger partial charge in [0, 0.05) is 17.3 Å². The topological polar surface area (TPSA) is 77.2 Å². The van der Waals surface area contributed by atoms with E-state index in [4.69, 9.17) is 20.8 Å². The molecule has 0 radical (unpaired) electrons. The van der Waals surface area contributed by atoms with Crippen LogP contribution in [-0.2, 0) is 0 Å². The molecule has 0 atom stereocenters. The minimum absolute atomic E-state index is 0.277. The molecular formula is C21H16ClN3O3. The number of hydrogen-bond acceptors (Lipinski definition) is 5. The summed E-state index contributed by atoms with van der Waals surface area (Å²) in [6, 6.07) is 15.7. The van der Waals surface area contributed by atoms with Crippen molar-refractivity contribution in [3.8, 4) is 17.2 Å². The van der Waals surface area contributed by atoms with E-state index in [-0.39, 0.29) is 5.91 Å². The van der Waals surface area contributed by atoms with Crippen LogP contribution in [0.4, 0.5) is 5.69 Å². The summed E-state index contributed by atoms with van der Waals surface area (Å²) in [5.74, 6) is 0.840. The Kier molecular flexibility index (Phi) is 4.95. The van der Waals surface area contributed by atoms with Crippen LogP contribution in [0.15, 0.2) is 65.2 Å². The van der Waals surface area contributed by atoms with Gasteiger partial charge in [-0.15, -0.1) is 0 Å². The number of carbonyl (C=O) groups excluding carboxylic acids is 1. The highest BCUT2D eigenvalue weighted by Gasteiger charge is 2.13. The molecule has 0 fully saturated rings. The van der Waals surface area contributed by atoms with Gasteiger partial charge in [0.1, 0.15) is 5.75 Å². The lowest BCUT2D eigenvalue weighted by Crippen LogP contribution is -2.12. The van der Waals surface area contributed by atoms with E-state index in [0.717, 1.165) is 0 Å². The summed E-state index contributed by atoms with van der Waals surface area (Å²) in [7, 11) is 0. The predicted octanol–water partition coefficient (Wildman–Crippen LogP) is 5.19. The SMILES string of the molecule is CCOc1ccc(C(=O)Nc2cc(-c3nc4ncccc4o3)ccc2Cl)cc1. The average molecular weight is 394 g/mol. The standard InChI is InChI=1S/C21H16ClN3O3/c1-2-27-15-8-5-13(6-9-15)20(26)24-17-12-14(7-10-16(17)22)21-25-19-18(28-21)4-3-11-23-19/h3-12H,2H2,1H3,(H,24,26). The summed E-state index contributed by atoms with van der Waals surface area (Å²) < 4.78 is 11.1. The Hall–Kier alpha value is -3.38. The molecule has 0 aliphatic rings. The molecule has 0 saturated carbocycles. The maximum atomic E-state index is 12.6. The molecule has 4 rings (SSSR count). The van der Waals surface area contributed by atoms with E-state index in [1.807, 2.05) is 6.92 Å². The van der Waals surface area contributed by atoms with Gasteiger partial charge in [-0.3, -0.25) is 4.79 Å². The Balaban J connectivity index is 1.59. The van der Waals surface area contributed by atoms with E-state index in [1.54, 1.807) is 60.8 Å². The molecule has 140 valence electrons. The molecule has 1 N–H and O–H groups in total. The number of pyridine rings is 1. The molecule has 0 saturated heterocycles. The number of benzene rings is 2. The fraction of sp³-hybridized carbons (Fsp3) is 0.0952. The number of carbonyl (C=O) groups is 1. The third-order valence-corrected chi connectivity index (χ3v) is 4.38. The van der Waals surface area contributed by atoms with Gasteiger partial charge in [0.05, 0.1) is 17.3 Å². The molecule has 0 spiro atoms. The summed E-state index contributed by atoms with van der Waals surface area (Å²) in [5, 5.41) is 3.24. The van der Waals surface area contributed by atoms with Crippen LogP contribution in [0.1, 0.15) is 17.3 Å². The van der Waals surface area contributed by atoms with Crippen molar-refractivity contribution in [2.75, 3.05) is 11.9 Å². The number of aromatic nitrogens is 2. The number of nitrogens with one attached hydrogen (secondary N) is 1. The van der Waals surface area contributed by atoms with E-state index < -0.39 is 0 Å². The number of nitrogens with zero attached hydrogens (tertiary/aromatic N) is 2. The largest absolute Gasteiger partial charge is 0.494 e. The molecule has 0 unspecified atom stereocenters. The third kappa shape index (κ3) is 3.68. The van der Waals surface area contributed by atoms with Crippen LogP contribution in [-0.4, -0.2) is 22.5 Å². The van der Waals surface area contributed by atoms with E-state index >= 15 is 0 Å². The van der Waals surface area contributed by atoms with Crippen LogP contribution >= 0.6 is 11.6 Å². The zero-order valence-electron chi connectivity index (χ0n) is 15.0. The maximum absolute atomic E-state index is 12.6. The Labute approximate surface area is 166 Å². The number of oxazole rings is 1. The fourth-order valence-corrected chi connectivity index (χ4v) is 2.88. The minimum atomic E-state index is -0.277. The lowest BCUT2D eigenvalue weighted by Gasteiger charge is -2.09. The number of anilines is 1. The van der Waals surface area contributed by atoms with Crippen LogP contribution in [0.25, 0.3) is 22.7 Å². The molecule has 7 heteroatoms. The molecule has 2 heterocycles. The summed E-state index contributed by atoms with van der Waals surface area (Å²) in [5.41, 5.74) is 2.76. The molecule has 0 aliphatic carbocycles. The van der Waals surface area contributed by atoms with Crippen LogP contribution in [0.3, 0.4) is 0 Å². The molecule has 2 aromatic carbocycles. The zero-order valence-corrected chi connectivity index (χ0v) is 15.7. The number of rotatable bonds is 5. The smallest absolute Gasteiger partial charge is 0.255 e. The molecule has 6 nitrogen and oxygen atoms in total. The highest BCUT2D eigenvalue weighted by molar-refractivity contribution is 6.34. The Morgan fingerprint density at radius 3 is 2.75 bits per heavy atom. The van der Waals surface area contributed by atoms with E-state index in [9.17, 15) is 4.79 Å². The average Bonchev–Trinajstić information content (AvgIpc) is 3.14. The lowest BCUT2D eigenvalue weighted by atomic mass is 10.1. The van der Waals surface area contributed by atoms with Gasteiger partial charge < -0.3 is 14.5 Å². The van der Waals surface area contributed by atoms with Crippen LogP contribution < -0.4 is 10.1 Å². The first-order valence-electron chi connectivity index (χ1n) is 8.70. The quantitative estimate of drug-likeness (QED) is 0.504. The second-order valence-electron chi connectivity index (χ2n) is 5.95. The van der Waals surface area contributed by atoms with Gasteiger partial charge in [0.15, 0.2) is 11.2 Å². The third-order valence-electron chi connectivity index (χ3n) is 4.05. The normalized spacial score (nSPS) is 10.8. The second-order valence-corrected chi connectivity index (χ2v) is 6.36. The summed E-state index contributed by atoms with van der Waals surface area (Å²) in [6.45, 7) is 2.47. The molecular weight excluding hydrogens is 378 g/mol. The minimum Gasteiger partial charge on any atom is -0.494 e. The van der Waals surface area contributed by atoms with Crippen molar-refractivity contribution in [3.05, 3.63) is 71.4 Å². The van der Waals surface area contributed by atoms with E-state index in [0.29, 0.717) is 51.3 Å². The Bertz CT molecular complexity index is 1110. The number of amides is 1. The highest BCUT2D eigenvalue weighted by atomic mass is 35.5. The van der Waals surface area contributed by atoms with Crippen molar-refractivity contribution in [2.45, 2.75) is 6.92 Å². The summed E-state index contributed by atoms with van der Waals surface area (Å²) >= 11 is 6.26. The van der Waals surface area contributed by atoms with Crippen LogP contribution in [0.5, 0.6) is 5.75 Å². The van der Waals surface area contributed by atoms with Crippen molar-refractivity contribution in [1.82, 2.24) is 9.97 Å². The number of fused-ring (bicyclic) bond motifs is 1. The number of hydrogen-bond donors (Lipinski definition) is 1. The van der Waals surface area contributed by atoms with Crippen molar-refractivity contribution in [2.24, 2.45) is 0 Å². The van der Waals surface area contributed by atoms with Gasteiger partial charge in [-0.05, 0) is 61.5 Å². The van der Waals surface area contributed by atoms with Crippen molar-refractivity contribution in [1.29, 1.82) is 0 Å². The fourth-order valence-electron chi connectivity index (χ4n) is 2.71. The van der Waals surface area contributed by atoms with Crippen LogP contribution in [0, 0.1) is 0 Å². The molecule has 1 amide bonds. The summed E-state index contributed by atoms with van der Waals surface area (Å²) in [6.07, 6.45) is 1.65. The Morgan fingerprint density at radius 1 is 1.18 bits per heavy atom. The molecule has 2 aromatic heterocycles. The number of halogens is 1. The van der Waals surface area contributed by atoms with Crippen LogP contribution in [0.2, 0.25) is 5.02 Å². The predicted molar refractivity (Wildman–Crippen MR) is 108 cm³/mol. The van der Waals surface area contributed by atoms with Gasteiger partial charge in [0.25, 0.3) is 5.91 Å². The summed E-state index contributed by atoms with van der Waals surface area (Å²) in [4.78, 5) is 21.1. The first kappa shape index (κ1) is 18.0. The van der Waals surface area contributed by atoms with Gasteiger partial charge in [-0.2, -0.15) is 4.98 Å². The molecule has 0 aliphatic heterocycles. The monoisotopic (exact) mass is 393 g/mol. The zero-order chi connectivity index (χ0) is 19.5. The van der Waals surface area contributed by atoms with Gasteiger partial charge in [0.2, 0.25) is 5.89 Å². The highest BCUT2D eigenvalue weighted by Crippen LogP contribution is 2.30. The van der Waals surface area contributed by atoms with Gasteiger partial charge in [-0.1, -0.05) is 11.6 Å². The lowest BCUT2D eigenvalue weighted by molar-refractivity contribution is 0.102. The molecule has 4 aromatic rings. The number of ether oxygens (including phenoxy) is 1. The first-order chi connectivity index (χ1) is 13.6. The van der Waals surface area contributed by atoms with Gasteiger partial charge in [-0.25, -0.2) is 4.98 Å². The van der Waals surface area contributed by atoms with E-state index in [2.05, 4.69) is 15.3 Å².